The van der Waals surface area contributed by atoms with E-state index in [1.165, 1.54) is 5.56 Å². The van der Waals surface area contributed by atoms with Gasteiger partial charge in [0.2, 0.25) is 11.8 Å². The van der Waals surface area contributed by atoms with Crippen LogP contribution >= 0.6 is 12.4 Å². The second-order valence-corrected chi connectivity index (χ2v) is 6.67. The summed E-state index contributed by atoms with van der Waals surface area (Å²) in [5.74, 6) is 0.126. The molecule has 6 heteroatoms. The molecule has 132 valence electrons. The predicted molar refractivity (Wildman–Crippen MR) is 96.2 cm³/mol. The molecule has 2 saturated heterocycles. The van der Waals surface area contributed by atoms with Crippen LogP contribution in [-0.2, 0) is 16.0 Å². The Kier molecular flexibility index (Phi) is 6.63. The Labute approximate surface area is 149 Å². The van der Waals surface area contributed by atoms with E-state index < -0.39 is 0 Å². The van der Waals surface area contributed by atoms with E-state index in [4.69, 9.17) is 0 Å². The molecule has 1 N–H and O–H groups in total. The smallest absolute Gasteiger partial charge is 0.241 e. The summed E-state index contributed by atoms with van der Waals surface area (Å²) in [6.07, 6.45) is 3.54. The van der Waals surface area contributed by atoms with E-state index in [9.17, 15) is 9.59 Å². The standard InChI is InChI=1S/C18H25N3O2.ClH/c1-20(10-9-14-5-3-2-4-6-14)18(23)13-21-12-16-8-7-15(19-16)11-17(21)22;/h2-6,15-16,19H,7-13H2,1H3;1H/t15-,16+;/m1./s1. The first kappa shape index (κ1) is 18.7. The Bertz CT molecular complexity index is 567. The van der Waals surface area contributed by atoms with Gasteiger partial charge in [0.1, 0.15) is 0 Å². The molecule has 5 nitrogen and oxygen atoms in total. The van der Waals surface area contributed by atoms with Crippen LogP contribution in [0.4, 0.5) is 0 Å². The Morgan fingerprint density at radius 1 is 1.25 bits per heavy atom. The number of fused-ring (bicyclic) bond motifs is 2. The van der Waals surface area contributed by atoms with Gasteiger partial charge in [-0.1, -0.05) is 30.3 Å². The zero-order valence-electron chi connectivity index (χ0n) is 14.1. The van der Waals surface area contributed by atoms with Crippen LogP contribution in [-0.4, -0.2) is 60.4 Å². The summed E-state index contributed by atoms with van der Waals surface area (Å²) >= 11 is 0. The zero-order valence-corrected chi connectivity index (χ0v) is 14.9. The maximum atomic E-state index is 12.4. The first-order chi connectivity index (χ1) is 11.1. The van der Waals surface area contributed by atoms with Crippen molar-refractivity contribution < 1.29 is 9.59 Å². The molecule has 24 heavy (non-hydrogen) atoms. The van der Waals surface area contributed by atoms with Gasteiger partial charge in [0.25, 0.3) is 0 Å². The highest BCUT2D eigenvalue weighted by Crippen LogP contribution is 2.21. The summed E-state index contributed by atoms with van der Waals surface area (Å²) in [4.78, 5) is 28.1. The van der Waals surface area contributed by atoms with Gasteiger partial charge in [0.15, 0.2) is 0 Å². The molecule has 2 amide bonds. The maximum Gasteiger partial charge on any atom is 0.241 e. The predicted octanol–water partition coefficient (Wildman–Crippen LogP) is 1.46. The number of halogens is 1. The molecule has 3 rings (SSSR count). The molecule has 1 aromatic carbocycles. The van der Waals surface area contributed by atoms with Crippen LogP contribution in [0.1, 0.15) is 24.8 Å². The van der Waals surface area contributed by atoms with Crippen LogP contribution in [0.25, 0.3) is 0 Å². The third kappa shape index (κ3) is 4.71. The van der Waals surface area contributed by atoms with Crippen LogP contribution in [0, 0.1) is 0 Å². The number of carbonyl (C=O) groups excluding carboxylic acids is 2. The molecule has 1 aromatic rings. The normalized spacial score (nSPS) is 22.7. The molecule has 2 bridgehead atoms. The third-order valence-corrected chi connectivity index (χ3v) is 4.88. The molecule has 2 fully saturated rings. The van der Waals surface area contributed by atoms with Crippen molar-refractivity contribution in [3.63, 3.8) is 0 Å². The Hall–Kier alpha value is -1.59. The fourth-order valence-corrected chi connectivity index (χ4v) is 3.42. The van der Waals surface area contributed by atoms with Gasteiger partial charge in [-0.2, -0.15) is 0 Å². The minimum atomic E-state index is 0. The molecule has 2 heterocycles. The summed E-state index contributed by atoms with van der Waals surface area (Å²) in [5, 5.41) is 3.47. The van der Waals surface area contributed by atoms with Gasteiger partial charge in [-0.15, -0.1) is 12.4 Å². The molecular formula is C18H26ClN3O2. The lowest BCUT2D eigenvalue weighted by atomic mass is 10.1. The van der Waals surface area contributed by atoms with Crippen LogP contribution < -0.4 is 5.32 Å². The fourth-order valence-electron chi connectivity index (χ4n) is 3.42. The van der Waals surface area contributed by atoms with E-state index in [-0.39, 0.29) is 30.8 Å². The van der Waals surface area contributed by atoms with Crippen LogP contribution in [0.15, 0.2) is 30.3 Å². The number of amides is 2. The third-order valence-electron chi connectivity index (χ3n) is 4.88. The van der Waals surface area contributed by atoms with Gasteiger partial charge in [-0.25, -0.2) is 0 Å². The van der Waals surface area contributed by atoms with Crippen molar-refractivity contribution in [3.05, 3.63) is 35.9 Å². The van der Waals surface area contributed by atoms with E-state index >= 15 is 0 Å². The Balaban J connectivity index is 0.00000208. The van der Waals surface area contributed by atoms with Gasteiger partial charge in [0, 0.05) is 38.6 Å². The molecular weight excluding hydrogens is 326 g/mol. The molecule has 2 aliphatic heterocycles. The molecule has 2 atom stereocenters. The number of rotatable bonds is 5. The summed E-state index contributed by atoms with van der Waals surface area (Å²) in [6, 6.07) is 10.8. The lowest BCUT2D eigenvalue weighted by Gasteiger charge is -2.26. The minimum absolute atomic E-state index is 0. The molecule has 2 aliphatic rings. The average Bonchev–Trinajstić information content (AvgIpc) is 2.93. The molecule has 0 aliphatic carbocycles. The first-order valence-corrected chi connectivity index (χ1v) is 8.43. The zero-order chi connectivity index (χ0) is 16.2. The lowest BCUT2D eigenvalue weighted by Crippen LogP contribution is -2.44. The second-order valence-electron chi connectivity index (χ2n) is 6.67. The van der Waals surface area contributed by atoms with E-state index in [0.29, 0.717) is 31.6 Å². The number of carbonyl (C=O) groups is 2. The molecule has 0 radical (unpaired) electrons. The quantitative estimate of drug-likeness (QED) is 0.874. The van der Waals surface area contributed by atoms with Gasteiger partial charge in [-0.05, 0) is 24.8 Å². The summed E-state index contributed by atoms with van der Waals surface area (Å²) in [5.41, 5.74) is 1.22. The maximum absolute atomic E-state index is 12.4. The van der Waals surface area contributed by atoms with Gasteiger partial charge < -0.3 is 15.1 Å². The number of hydrogen-bond donors (Lipinski definition) is 1. The molecule has 0 spiro atoms. The van der Waals surface area contributed by atoms with Gasteiger partial charge in [0.05, 0.1) is 6.54 Å². The van der Waals surface area contributed by atoms with Crippen LogP contribution in [0.5, 0.6) is 0 Å². The summed E-state index contributed by atoms with van der Waals surface area (Å²) in [7, 11) is 1.82. The highest BCUT2D eigenvalue weighted by molar-refractivity contribution is 5.85. The second kappa shape index (κ2) is 8.49. The Morgan fingerprint density at radius 3 is 2.71 bits per heavy atom. The van der Waals surface area contributed by atoms with Crippen molar-refractivity contribution in [2.75, 3.05) is 26.7 Å². The Morgan fingerprint density at radius 2 is 1.96 bits per heavy atom. The molecule has 0 unspecified atom stereocenters. The number of likely N-dealkylation sites (tertiary alicyclic amines) is 1. The lowest BCUT2D eigenvalue weighted by molar-refractivity contribution is -0.139. The van der Waals surface area contributed by atoms with Crippen molar-refractivity contribution >= 4 is 24.2 Å². The monoisotopic (exact) mass is 351 g/mol. The SMILES string of the molecule is CN(CCc1ccccc1)C(=O)CN1C[C@@H]2CC[C@H](CC1=O)N2.Cl. The van der Waals surface area contributed by atoms with Crippen molar-refractivity contribution in [2.45, 2.75) is 37.8 Å². The summed E-state index contributed by atoms with van der Waals surface area (Å²) in [6.45, 7) is 1.54. The highest BCUT2D eigenvalue weighted by atomic mass is 35.5. The fraction of sp³-hybridized carbons (Fsp3) is 0.556. The highest BCUT2D eigenvalue weighted by Gasteiger charge is 2.34. The first-order valence-electron chi connectivity index (χ1n) is 8.43. The molecule has 0 aromatic heterocycles. The van der Waals surface area contributed by atoms with E-state index in [2.05, 4.69) is 17.4 Å². The topological polar surface area (TPSA) is 52.7 Å². The van der Waals surface area contributed by atoms with E-state index in [1.54, 1.807) is 9.80 Å². The van der Waals surface area contributed by atoms with Crippen molar-refractivity contribution in [1.29, 1.82) is 0 Å². The number of benzene rings is 1. The minimum Gasteiger partial charge on any atom is -0.344 e. The van der Waals surface area contributed by atoms with E-state index in [1.807, 2.05) is 25.2 Å². The van der Waals surface area contributed by atoms with Gasteiger partial charge in [-0.3, -0.25) is 9.59 Å². The number of nitrogens with zero attached hydrogens (tertiary/aromatic N) is 2. The molecule has 0 saturated carbocycles. The largest absolute Gasteiger partial charge is 0.344 e. The number of nitrogens with one attached hydrogen (secondary N) is 1. The van der Waals surface area contributed by atoms with Crippen molar-refractivity contribution in [1.82, 2.24) is 15.1 Å². The number of likely N-dealkylation sites (N-methyl/N-ethyl adjacent to an activating group) is 1. The number of hydrogen-bond acceptors (Lipinski definition) is 3. The van der Waals surface area contributed by atoms with Crippen LogP contribution in [0.2, 0.25) is 0 Å². The van der Waals surface area contributed by atoms with Crippen molar-refractivity contribution in [2.24, 2.45) is 0 Å². The van der Waals surface area contributed by atoms with Gasteiger partial charge >= 0.3 is 0 Å². The summed E-state index contributed by atoms with van der Waals surface area (Å²) < 4.78 is 0. The average molecular weight is 352 g/mol. The van der Waals surface area contributed by atoms with Crippen LogP contribution in [0.3, 0.4) is 0 Å². The van der Waals surface area contributed by atoms with E-state index in [0.717, 1.165) is 19.3 Å². The van der Waals surface area contributed by atoms with Crippen molar-refractivity contribution in [3.8, 4) is 0 Å².